The van der Waals surface area contributed by atoms with Gasteiger partial charge < -0.3 is 10.1 Å². The molecule has 0 atom stereocenters. The van der Waals surface area contributed by atoms with Crippen molar-refractivity contribution in [3.8, 4) is 5.75 Å². The molecule has 0 unspecified atom stereocenters. The standard InChI is InChI=1S/C9H13N3O3S/c1-11-7-4-9(16(10,13)14)12-5-8(7)15-6-2-3-6/h4-6H,2-3H2,1H3,(H,11,12)(H2,10,13,14). The summed E-state index contributed by atoms with van der Waals surface area (Å²) in [6.07, 6.45) is 3.67. The summed E-state index contributed by atoms with van der Waals surface area (Å²) >= 11 is 0. The molecule has 2 rings (SSSR count). The highest BCUT2D eigenvalue weighted by Crippen LogP contribution is 2.32. The van der Waals surface area contributed by atoms with Crippen molar-refractivity contribution in [2.75, 3.05) is 12.4 Å². The third-order valence-electron chi connectivity index (χ3n) is 2.22. The second-order valence-corrected chi connectivity index (χ2v) is 5.14. The monoisotopic (exact) mass is 243 g/mol. The van der Waals surface area contributed by atoms with Gasteiger partial charge in [-0.1, -0.05) is 0 Å². The van der Waals surface area contributed by atoms with E-state index in [0.29, 0.717) is 11.4 Å². The Morgan fingerprint density at radius 1 is 1.56 bits per heavy atom. The van der Waals surface area contributed by atoms with Gasteiger partial charge in [0.15, 0.2) is 10.8 Å². The molecule has 0 aliphatic heterocycles. The maximum absolute atomic E-state index is 11.1. The molecular weight excluding hydrogens is 230 g/mol. The van der Waals surface area contributed by atoms with E-state index in [4.69, 9.17) is 9.88 Å². The third kappa shape index (κ3) is 2.42. The van der Waals surface area contributed by atoms with Crippen molar-refractivity contribution in [2.45, 2.75) is 24.0 Å². The molecule has 0 aromatic carbocycles. The van der Waals surface area contributed by atoms with Crippen molar-refractivity contribution in [3.63, 3.8) is 0 Å². The number of aromatic nitrogens is 1. The molecule has 1 saturated carbocycles. The second kappa shape index (κ2) is 3.91. The van der Waals surface area contributed by atoms with Crippen LogP contribution in [0.25, 0.3) is 0 Å². The molecular formula is C9H13N3O3S. The fourth-order valence-electron chi connectivity index (χ4n) is 1.23. The minimum absolute atomic E-state index is 0.167. The van der Waals surface area contributed by atoms with Crippen LogP contribution < -0.4 is 15.2 Å². The summed E-state index contributed by atoms with van der Waals surface area (Å²) in [7, 11) is -2.09. The zero-order valence-electron chi connectivity index (χ0n) is 8.80. The topological polar surface area (TPSA) is 94.3 Å². The number of nitrogens with two attached hydrogens (primary N) is 1. The summed E-state index contributed by atoms with van der Waals surface area (Å²) in [4.78, 5) is 3.76. The van der Waals surface area contributed by atoms with Crippen LogP contribution in [0.5, 0.6) is 5.75 Å². The first-order valence-electron chi connectivity index (χ1n) is 4.88. The molecule has 0 radical (unpaired) electrons. The fraction of sp³-hybridized carbons (Fsp3) is 0.444. The molecule has 0 spiro atoms. The van der Waals surface area contributed by atoms with Crippen LogP contribution in [0.1, 0.15) is 12.8 Å². The summed E-state index contributed by atoms with van der Waals surface area (Å²) in [6.45, 7) is 0. The molecule has 3 N–H and O–H groups in total. The van der Waals surface area contributed by atoms with Crippen LogP contribution in [0.4, 0.5) is 5.69 Å². The molecule has 1 aromatic heterocycles. The first kappa shape index (κ1) is 11.2. The van der Waals surface area contributed by atoms with Crippen molar-refractivity contribution >= 4 is 15.7 Å². The van der Waals surface area contributed by atoms with Gasteiger partial charge in [-0.3, -0.25) is 0 Å². The van der Waals surface area contributed by atoms with Gasteiger partial charge in [0.05, 0.1) is 18.0 Å². The number of primary sulfonamides is 1. The molecule has 0 amide bonds. The number of ether oxygens (including phenoxy) is 1. The molecule has 16 heavy (non-hydrogen) atoms. The quantitative estimate of drug-likeness (QED) is 0.793. The molecule has 88 valence electrons. The van der Waals surface area contributed by atoms with Gasteiger partial charge in [-0.25, -0.2) is 18.5 Å². The van der Waals surface area contributed by atoms with Gasteiger partial charge in [-0.15, -0.1) is 0 Å². The Labute approximate surface area is 93.9 Å². The Morgan fingerprint density at radius 2 is 2.25 bits per heavy atom. The Morgan fingerprint density at radius 3 is 2.75 bits per heavy atom. The maximum Gasteiger partial charge on any atom is 0.255 e. The largest absolute Gasteiger partial charge is 0.487 e. The van der Waals surface area contributed by atoms with E-state index in [9.17, 15) is 8.42 Å². The van der Waals surface area contributed by atoms with Crippen molar-refractivity contribution in [2.24, 2.45) is 5.14 Å². The summed E-state index contributed by atoms with van der Waals surface area (Å²) < 4.78 is 27.7. The van der Waals surface area contributed by atoms with Crippen molar-refractivity contribution in [3.05, 3.63) is 12.3 Å². The fourth-order valence-corrected chi connectivity index (χ4v) is 1.72. The molecule has 0 bridgehead atoms. The first-order valence-corrected chi connectivity index (χ1v) is 6.42. The number of nitrogens with one attached hydrogen (secondary N) is 1. The van der Waals surface area contributed by atoms with Gasteiger partial charge in [0, 0.05) is 13.1 Å². The Balaban J connectivity index is 2.33. The molecule has 1 heterocycles. The van der Waals surface area contributed by atoms with Gasteiger partial charge in [0.2, 0.25) is 0 Å². The highest BCUT2D eigenvalue weighted by molar-refractivity contribution is 7.89. The molecule has 0 saturated heterocycles. The number of sulfonamides is 1. The van der Waals surface area contributed by atoms with Crippen LogP contribution in [0.15, 0.2) is 17.3 Å². The number of pyridine rings is 1. The zero-order chi connectivity index (χ0) is 11.8. The lowest BCUT2D eigenvalue weighted by Crippen LogP contribution is -2.14. The minimum atomic E-state index is -3.77. The molecule has 1 aliphatic carbocycles. The van der Waals surface area contributed by atoms with Gasteiger partial charge >= 0.3 is 0 Å². The lowest BCUT2D eigenvalue weighted by Gasteiger charge is -2.10. The van der Waals surface area contributed by atoms with E-state index in [2.05, 4.69) is 10.3 Å². The predicted molar refractivity (Wildman–Crippen MR) is 58.8 cm³/mol. The normalized spacial score (nSPS) is 15.9. The molecule has 1 aromatic rings. The number of hydrogen-bond donors (Lipinski definition) is 2. The van der Waals surface area contributed by atoms with E-state index in [-0.39, 0.29) is 11.1 Å². The summed E-state index contributed by atoms with van der Waals surface area (Å²) in [5.41, 5.74) is 0.575. The lowest BCUT2D eigenvalue weighted by molar-refractivity contribution is 0.303. The molecule has 1 fully saturated rings. The van der Waals surface area contributed by atoms with E-state index in [0.717, 1.165) is 12.8 Å². The average molecular weight is 243 g/mol. The van der Waals surface area contributed by atoms with E-state index in [1.54, 1.807) is 7.05 Å². The van der Waals surface area contributed by atoms with Crippen molar-refractivity contribution in [1.82, 2.24) is 4.98 Å². The van der Waals surface area contributed by atoms with Crippen LogP contribution in [0.2, 0.25) is 0 Å². The van der Waals surface area contributed by atoms with E-state index in [1.807, 2.05) is 0 Å². The predicted octanol–water partition coefficient (Wildman–Crippen LogP) is 0.312. The summed E-state index contributed by atoms with van der Waals surface area (Å²) in [5.74, 6) is 0.553. The van der Waals surface area contributed by atoms with E-state index in [1.165, 1.54) is 12.3 Å². The number of hydrogen-bond acceptors (Lipinski definition) is 5. The highest BCUT2D eigenvalue weighted by atomic mass is 32.2. The van der Waals surface area contributed by atoms with Crippen LogP contribution in [0, 0.1) is 0 Å². The van der Waals surface area contributed by atoms with Crippen molar-refractivity contribution < 1.29 is 13.2 Å². The first-order chi connectivity index (χ1) is 7.50. The summed E-state index contributed by atoms with van der Waals surface area (Å²) in [5, 5.41) is 7.67. The molecule has 7 heteroatoms. The Bertz CT molecular complexity index is 497. The number of anilines is 1. The van der Waals surface area contributed by atoms with Crippen LogP contribution in [0.3, 0.4) is 0 Å². The van der Waals surface area contributed by atoms with E-state index >= 15 is 0 Å². The second-order valence-electron chi connectivity index (χ2n) is 3.63. The Kier molecular flexibility index (Phi) is 2.73. The highest BCUT2D eigenvalue weighted by Gasteiger charge is 2.25. The third-order valence-corrected chi connectivity index (χ3v) is 3.03. The lowest BCUT2D eigenvalue weighted by atomic mass is 10.4. The number of nitrogens with zero attached hydrogens (tertiary/aromatic N) is 1. The molecule has 6 nitrogen and oxygen atoms in total. The van der Waals surface area contributed by atoms with Crippen LogP contribution >= 0.6 is 0 Å². The van der Waals surface area contributed by atoms with Gasteiger partial charge in [-0.2, -0.15) is 0 Å². The van der Waals surface area contributed by atoms with Crippen LogP contribution in [-0.2, 0) is 10.0 Å². The van der Waals surface area contributed by atoms with Gasteiger partial charge in [-0.05, 0) is 12.8 Å². The zero-order valence-corrected chi connectivity index (χ0v) is 9.62. The maximum atomic E-state index is 11.1. The molecule has 1 aliphatic rings. The van der Waals surface area contributed by atoms with E-state index < -0.39 is 10.0 Å². The SMILES string of the molecule is CNc1cc(S(N)(=O)=O)ncc1OC1CC1. The Hall–Kier alpha value is -1.34. The van der Waals surface area contributed by atoms with Crippen molar-refractivity contribution in [1.29, 1.82) is 0 Å². The average Bonchev–Trinajstić information content (AvgIpc) is 3.00. The van der Waals surface area contributed by atoms with Gasteiger partial charge in [0.25, 0.3) is 10.0 Å². The number of rotatable bonds is 4. The van der Waals surface area contributed by atoms with Gasteiger partial charge in [0.1, 0.15) is 0 Å². The van der Waals surface area contributed by atoms with Crippen LogP contribution in [-0.4, -0.2) is 26.6 Å². The smallest absolute Gasteiger partial charge is 0.255 e. The summed E-state index contributed by atoms with van der Waals surface area (Å²) in [6, 6.07) is 1.37. The minimum Gasteiger partial charge on any atom is -0.487 e.